The van der Waals surface area contributed by atoms with Crippen LogP contribution >= 0.6 is 11.3 Å². The van der Waals surface area contributed by atoms with Crippen LogP contribution in [0, 0.1) is 0 Å². The molecule has 0 bridgehead atoms. The Morgan fingerprint density at radius 1 is 1.19 bits per heavy atom. The highest BCUT2D eigenvalue weighted by atomic mass is 32.2. The molecule has 1 atom stereocenters. The normalized spacial score (nSPS) is 18.2. The summed E-state index contributed by atoms with van der Waals surface area (Å²) >= 11 is 1.40. The summed E-state index contributed by atoms with van der Waals surface area (Å²) in [6.45, 7) is 2.57. The monoisotopic (exact) mass is 473 g/mol. The topological polar surface area (TPSA) is 81.0 Å². The second-order valence-electron chi connectivity index (χ2n) is 7.89. The van der Waals surface area contributed by atoms with Crippen molar-refractivity contribution >= 4 is 37.5 Å². The number of methoxy groups -OCH3 is 1. The molecule has 1 amide bonds. The molecule has 1 aromatic heterocycles. The molecule has 0 radical (unpaired) electrons. The minimum atomic E-state index is -3.58. The largest absolute Gasteiger partial charge is 0.497 e. The Kier molecular flexibility index (Phi) is 6.50. The number of ether oxygens (including phenoxy) is 1. The highest BCUT2D eigenvalue weighted by molar-refractivity contribution is 7.89. The van der Waals surface area contributed by atoms with Gasteiger partial charge in [0.2, 0.25) is 10.0 Å². The van der Waals surface area contributed by atoms with Gasteiger partial charge in [0.25, 0.3) is 5.91 Å². The number of sulfonamides is 1. The van der Waals surface area contributed by atoms with Gasteiger partial charge in [0.1, 0.15) is 5.75 Å². The van der Waals surface area contributed by atoms with E-state index in [2.05, 4.69) is 4.99 Å². The number of fused-ring (bicyclic) bond motifs is 1. The second-order valence-corrected chi connectivity index (χ2v) is 10.8. The second kappa shape index (κ2) is 9.17. The molecule has 9 heteroatoms. The number of carbonyl (C=O) groups excluding carboxylic acids is 1. The fourth-order valence-corrected chi connectivity index (χ4v) is 6.91. The van der Waals surface area contributed by atoms with E-state index in [9.17, 15) is 13.2 Å². The van der Waals surface area contributed by atoms with E-state index in [1.165, 1.54) is 23.5 Å². The quantitative estimate of drug-likeness (QED) is 0.562. The van der Waals surface area contributed by atoms with Crippen molar-refractivity contribution in [2.24, 2.45) is 12.0 Å². The predicted octanol–water partition coefficient (Wildman–Crippen LogP) is 3.94. The van der Waals surface area contributed by atoms with Gasteiger partial charge in [-0.2, -0.15) is 9.30 Å². The van der Waals surface area contributed by atoms with Gasteiger partial charge in [0.15, 0.2) is 4.80 Å². The molecule has 0 unspecified atom stereocenters. The number of aromatic nitrogens is 1. The van der Waals surface area contributed by atoms with Gasteiger partial charge in [0.05, 0.1) is 22.2 Å². The Balaban J connectivity index is 1.61. The molecule has 2 heterocycles. The van der Waals surface area contributed by atoms with E-state index in [0.29, 0.717) is 16.9 Å². The Labute approximate surface area is 192 Å². The van der Waals surface area contributed by atoms with Gasteiger partial charge >= 0.3 is 0 Å². The number of hydrogen-bond acceptors (Lipinski definition) is 5. The standard InChI is InChI=1S/C23H27N3O4S2/c1-4-17-7-5-6-14-26(17)32(28,29)19-11-8-16(9-12-19)22(27)24-23-25(2)20-13-10-18(30-3)15-21(20)31-23/h8-13,15,17H,4-7,14H2,1-3H3/t17-/m1/s1. The Morgan fingerprint density at radius 2 is 1.94 bits per heavy atom. The molecule has 0 aliphatic carbocycles. The van der Waals surface area contributed by atoms with Crippen LogP contribution in [0.5, 0.6) is 5.75 Å². The third-order valence-corrected chi connectivity index (χ3v) is 9.03. The van der Waals surface area contributed by atoms with E-state index in [1.54, 1.807) is 23.5 Å². The van der Waals surface area contributed by atoms with Crippen LogP contribution in [0.15, 0.2) is 52.4 Å². The lowest BCUT2D eigenvalue weighted by molar-refractivity contribution is 0.0998. The molecule has 7 nitrogen and oxygen atoms in total. The maximum atomic E-state index is 13.1. The Morgan fingerprint density at radius 3 is 2.62 bits per heavy atom. The van der Waals surface area contributed by atoms with Gasteiger partial charge in [0, 0.05) is 25.2 Å². The molecule has 1 fully saturated rings. The summed E-state index contributed by atoms with van der Waals surface area (Å²) < 4.78 is 36.0. The average molecular weight is 474 g/mol. The van der Waals surface area contributed by atoms with Crippen molar-refractivity contribution in [3.63, 3.8) is 0 Å². The summed E-state index contributed by atoms with van der Waals surface area (Å²) in [4.78, 5) is 17.8. The predicted molar refractivity (Wildman–Crippen MR) is 126 cm³/mol. The zero-order chi connectivity index (χ0) is 22.9. The summed E-state index contributed by atoms with van der Waals surface area (Å²) in [7, 11) is -0.109. The lowest BCUT2D eigenvalue weighted by Crippen LogP contribution is -2.43. The van der Waals surface area contributed by atoms with E-state index in [0.717, 1.165) is 41.6 Å². The summed E-state index contributed by atoms with van der Waals surface area (Å²) in [6.07, 6.45) is 3.63. The molecule has 170 valence electrons. The van der Waals surface area contributed by atoms with Crippen LogP contribution < -0.4 is 9.54 Å². The molecule has 2 aromatic carbocycles. The first-order valence-corrected chi connectivity index (χ1v) is 13.0. The van der Waals surface area contributed by atoms with Gasteiger partial charge < -0.3 is 9.30 Å². The number of hydrogen-bond donors (Lipinski definition) is 0. The number of piperidine rings is 1. The molecular weight excluding hydrogens is 446 g/mol. The molecule has 1 saturated heterocycles. The molecule has 4 rings (SSSR count). The zero-order valence-corrected chi connectivity index (χ0v) is 20.1. The summed E-state index contributed by atoms with van der Waals surface area (Å²) in [6, 6.07) is 11.8. The van der Waals surface area contributed by atoms with Crippen molar-refractivity contribution in [3.8, 4) is 5.75 Å². The molecule has 0 N–H and O–H groups in total. The highest BCUT2D eigenvalue weighted by Gasteiger charge is 2.32. The van der Waals surface area contributed by atoms with Crippen molar-refractivity contribution in [2.75, 3.05) is 13.7 Å². The zero-order valence-electron chi connectivity index (χ0n) is 18.4. The van der Waals surface area contributed by atoms with E-state index in [4.69, 9.17) is 4.74 Å². The van der Waals surface area contributed by atoms with Crippen LogP contribution in [0.25, 0.3) is 10.2 Å². The molecule has 32 heavy (non-hydrogen) atoms. The van der Waals surface area contributed by atoms with Gasteiger partial charge in [-0.1, -0.05) is 24.7 Å². The maximum absolute atomic E-state index is 13.1. The fraction of sp³-hybridized carbons (Fsp3) is 0.391. The van der Waals surface area contributed by atoms with Gasteiger partial charge in [-0.15, -0.1) is 0 Å². The maximum Gasteiger partial charge on any atom is 0.279 e. The van der Waals surface area contributed by atoms with Gasteiger partial charge in [-0.25, -0.2) is 8.42 Å². The Bertz CT molecular complexity index is 1310. The molecule has 3 aromatic rings. The number of carbonyl (C=O) groups is 1. The lowest BCUT2D eigenvalue weighted by Gasteiger charge is -2.34. The number of benzene rings is 2. The third kappa shape index (κ3) is 4.24. The van der Waals surface area contributed by atoms with E-state index < -0.39 is 15.9 Å². The van der Waals surface area contributed by atoms with Crippen molar-refractivity contribution in [2.45, 2.75) is 43.5 Å². The third-order valence-electron chi connectivity index (χ3n) is 5.97. The number of aryl methyl sites for hydroxylation is 1. The summed E-state index contributed by atoms with van der Waals surface area (Å²) in [5.41, 5.74) is 1.31. The fourth-order valence-electron chi connectivity index (χ4n) is 4.10. The number of amides is 1. The van der Waals surface area contributed by atoms with E-state index >= 15 is 0 Å². The average Bonchev–Trinajstić information content (AvgIpc) is 3.13. The minimum absolute atomic E-state index is 0.0386. The van der Waals surface area contributed by atoms with Gasteiger partial charge in [-0.05, 0) is 61.7 Å². The number of nitrogens with zero attached hydrogens (tertiary/aromatic N) is 3. The molecule has 1 aliphatic heterocycles. The number of thiazole rings is 1. The minimum Gasteiger partial charge on any atom is -0.497 e. The number of rotatable bonds is 5. The first kappa shape index (κ1) is 22.7. The van der Waals surface area contributed by atoms with Gasteiger partial charge in [-0.3, -0.25) is 4.79 Å². The van der Waals surface area contributed by atoms with Crippen LogP contribution in [0.3, 0.4) is 0 Å². The Hall–Kier alpha value is -2.49. The van der Waals surface area contributed by atoms with Crippen molar-refractivity contribution in [1.82, 2.24) is 8.87 Å². The van der Waals surface area contributed by atoms with Crippen LogP contribution in [0.4, 0.5) is 0 Å². The molecule has 1 aliphatic rings. The molecule has 0 spiro atoms. The molecule has 0 saturated carbocycles. The first-order chi connectivity index (χ1) is 15.3. The van der Waals surface area contributed by atoms with Crippen LogP contribution in [-0.4, -0.2) is 42.9 Å². The first-order valence-electron chi connectivity index (χ1n) is 10.7. The summed E-state index contributed by atoms with van der Waals surface area (Å²) in [5.74, 6) is 0.334. The SMILES string of the molecule is CC[C@@H]1CCCCN1S(=O)(=O)c1ccc(C(=O)N=c2sc3cc(OC)ccc3n2C)cc1. The van der Waals surface area contributed by atoms with Crippen molar-refractivity contribution < 1.29 is 17.9 Å². The van der Waals surface area contributed by atoms with E-state index in [-0.39, 0.29) is 10.9 Å². The summed E-state index contributed by atoms with van der Waals surface area (Å²) in [5, 5.41) is 0. The molecular formula is C23H27N3O4S2. The van der Waals surface area contributed by atoms with Crippen LogP contribution in [-0.2, 0) is 17.1 Å². The van der Waals surface area contributed by atoms with Crippen molar-refractivity contribution in [3.05, 3.63) is 52.8 Å². The van der Waals surface area contributed by atoms with Crippen molar-refractivity contribution in [1.29, 1.82) is 0 Å². The van der Waals surface area contributed by atoms with Crippen LogP contribution in [0.1, 0.15) is 43.0 Å². The smallest absolute Gasteiger partial charge is 0.279 e. The van der Waals surface area contributed by atoms with Crippen LogP contribution in [0.2, 0.25) is 0 Å². The lowest BCUT2D eigenvalue weighted by atomic mass is 10.0. The van der Waals surface area contributed by atoms with E-state index in [1.807, 2.05) is 36.7 Å². The highest BCUT2D eigenvalue weighted by Crippen LogP contribution is 2.27.